The van der Waals surface area contributed by atoms with Crippen LogP contribution in [0.5, 0.6) is 5.75 Å². The van der Waals surface area contributed by atoms with Crippen LogP contribution < -0.4 is 10.1 Å². The molecule has 0 saturated heterocycles. The molecular weight excluding hydrogens is 448 g/mol. The number of pyridine rings is 1. The van der Waals surface area contributed by atoms with Crippen LogP contribution in [0, 0.1) is 0 Å². The normalized spacial score (nSPS) is 13.4. The third-order valence-electron chi connectivity index (χ3n) is 5.33. The molecular formula is C26H30N4O5. The highest BCUT2D eigenvalue weighted by Crippen LogP contribution is 2.41. The molecule has 1 amide bonds. The molecule has 3 aromatic rings. The zero-order valence-corrected chi connectivity index (χ0v) is 20.4. The number of Topliss-reactive ketones (excluding diaryl/α,β-unsaturated/α-hetero) is 1. The Morgan fingerprint density at radius 3 is 2.63 bits per heavy atom. The molecule has 0 saturated carbocycles. The second-order valence-corrected chi connectivity index (χ2v) is 9.19. The van der Waals surface area contributed by atoms with Gasteiger partial charge in [0.25, 0.3) is 0 Å². The fraction of sp³-hybridized carbons (Fsp3) is 0.346. The number of fused-ring (bicyclic) bond motifs is 1. The van der Waals surface area contributed by atoms with E-state index in [1.54, 1.807) is 40.3 Å². The number of aromatic amines is 1. The van der Waals surface area contributed by atoms with Gasteiger partial charge in [0.1, 0.15) is 18.0 Å². The second kappa shape index (κ2) is 10.2. The minimum Gasteiger partial charge on any atom is -0.489 e. The molecule has 0 spiro atoms. The predicted octanol–water partition coefficient (Wildman–Crippen LogP) is 4.78. The number of ketones is 1. The van der Waals surface area contributed by atoms with Crippen molar-refractivity contribution in [2.75, 3.05) is 32.2 Å². The van der Waals surface area contributed by atoms with Gasteiger partial charge < -0.3 is 24.5 Å². The smallest absolute Gasteiger partial charge is 0.411 e. The van der Waals surface area contributed by atoms with E-state index in [1.165, 1.54) is 4.90 Å². The van der Waals surface area contributed by atoms with E-state index in [4.69, 9.17) is 14.2 Å². The summed E-state index contributed by atoms with van der Waals surface area (Å²) in [7, 11) is 1.61. The van der Waals surface area contributed by atoms with Crippen molar-refractivity contribution in [2.24, 2.45) is 0 Å². The molecule has 2 aromatic heterocycles. The van der Waals surface area contributed by atoms with Crippen molar-refractivity contribution in [1.29, 1.82) is 0 Å². The van der Waals surface area contributed by atoms with Gasteiger partial charge in [0.05, 0.1) is 42.8 Å². The summed E-state index contributed by atoms with van der Waals surface area (Å²) >= 11 is 0. The van der Waals surface area contributed by atoms with Crippen molar-refractivity contribution in [3.63, 3.8) is 0 Å². The monoisotopic (exact) mass is 478 g/mol. The maximum atomic E-state index is 13.3. The van der Waals surface area contributed by atoms with Gasteiger partial charge in [0.15, 0.2) is 5.78 Å². The summed E-state index contributed by atoms with van der Waals surface area (Å²) in [5.74, 6) is 0.365. The standard InChI is InChI=1S/C26H30N4O5/c1-26(2,3)35-25(32)30-15-19-22(20(31)16-30)24(28-17-8-6-5-7-9-17)23(29-19)18-10-11-27-14-21(18)34-13-12-33-4/h5-11,14,28-29H,12-13,15-16H2,1-4H3. The number of nitrogens with one attached hydrogen (secondary N) is 2. The van der Waals surface area contributed by atoms with Gasteiger partial charge in [0.2, 0.25) is 0 Å². The van der Waals surface area contributed by atoms with Crippen molar-refractivity contribution >= 4 is 23.3 Å². The topological polar surface area (TPSA) is 106 Å². The molecule has 184 valence electrons. The molecule has 4 rings (SSSR count). The number of aromatic nitrogens is 2. The number of para-hydroxylation sites is 1. The Balaban J connectivity index is 1.76. The zero-order chi connectivity index (χ0) is 25.0. The molecule has 0 fully saturated rings. The summed E-state index contributed by atoms with van der Waals surface area (Å²) in [6.07, 6.45) is 2.77. The van der Waals surface area contributed by atoms with Crippen molar-refractivity contribution < 1.29 is 23.8 Å². The Morgan fingerprint density at radius 1 is 1.14 bits per heavy atom. The maximum Gasteiger partial charge on any atom is 0.411 e. The summed E-state index contributed by atoms with van der Waals surface area (Å²) in [5.41, 5.74) is 3.35. The van der Waals surface area contributed by atoms with Gasteiger partial charge >= 0.3 is 6.09 Å². The molecule has 35 heavy (non-hydrogen) atoms. The highest BCUT2D eigenvalue weighted by molar-refractivity contribution is 6.09. The van der Waals surface area contributed by atoms with Crippen LogP contribution in [-0.4, -0.2) is 59.2 Å². The van der Waals surface area contributed by atoms with Crippen LogP contribution in [-0.2, 0) is 16.0 Å². The number of amides is 1. The number of benzene rings is 1. The number of anilines is 2. The van der Waals surface area contributed by atoms with E-state index in [2.05, 4.69) is 15.3 Å². The number of rotatable bonds is 7. The fourth-order valence-electron chi connectivity index (χ4n) is 3.86. The van der Waals surface area contributed by atoms with Gasteiger partial charge in [-0.05, 0) is 39.0 Å². The van der Waals surface area contributed by atoms with Gasteiger partial charge in [-0.1, -0.05) is 18.2 Å². The second-order valence-electron chi connectivity index (χ2n) is 9.19. The highest BCUT2D eigenvalue weighted by atomic mass is 16.6. The molecule has 3 heterocycles. The number of hydrogen-bond acceptors (Lipinski definition) is 7. The van der Waals surface area contributed by atoms with E-state index >= 15 is 0 Å². The largest absolute Gasteiger partial charge is 0.489 e. The minimum atomic E-state index is -0.660. The van der Waals surface area contributed by atoms with Crippen LogP contribution in [0.2, 0.25) is 0 Å². The van der Waals surface area contributed by atoms with Crippen LogP contribution in [0.4, 0.5) is 16.2 Å². The Labute approximate surface area is 204 Å². The van der Waals surface area contributed by atoms with E-state index in [-0.39, 0.29) is 18.9 Å². The third-order valence-corrected chi connectivity index (χ3v) is 5.33. The molecule has 1 aliphatic heterocycles. The van der Waals surface area contributed by atoms with Crippen LogP contribution >= 0.6 is 0 Å². The van der Waals surface area contributed by atoms with Gasteiger partial charge in [-0.25, -0.2) is 4.79 Å². The van der Waals surface area contributed by atoms with E-state index < -0.39 is 11.7 Å². The lowest BCUT2D eigenvalue weighted by molar-refractivity contribution is 0.0218. The van der Waals surface area contributed by atoms with E-state index in [9.17, 15) is 9.59 Å². The molecule has 9 heteroatoms. The first-order chi connectivity index (χ1) is 16.8. The average molecular weight is 479 g/mol. The molecule has 9 nitrogen and oxygen atoms in total. The first kappa shape index (κ1) is 24.3. The Kier molecular flexibility index (Phi) is 7.07. The van der Waals surface area contributed by atoms with Crippen molar-refractivity contribution in [2.45, 2.75) is 32.9 Å². The van der Waals surface area contributed by atoms with Crippen LogP contribution in [0.15, 0.2) is 48.8 Å². The summed E-state index contributed by atoms with van der Waals surface area (Å²) in [6.45, 7) is 6.30. The quantitative estimate of drug-likeness (QED) is 0.471. The summed E-state index contributed by atoms with van der Waals surface area (Å²) in [4.78, 5) is 35.0. The first-order valence-electron chi connectivity index (χ1n) is 11.4. The van der Waals surface area contributed by atoms with Gasteiger partial charge in [0, 0.05) is 30.3 Å². The van der Waals surface area contributed by atoms with Crippen LogP contribution in [0.3, 0.4) is 0 Å². The number of carbonyl (C=O) groups is 2. The highest BCUT2D eigenvalue weighted by Gasteiger charge is 2.35. The molecule has 1 aliphatic rings. The number of carbonyl (C=O) groups excluding carboxylic acids is 2. The average Bonchev–Trinajstić information content (AvgIpc) is 3.17. The summed E-state index contributed by atoms with van der Waals surface area (Å²) in [5, 5.41) is 3.40. The third kappa shape index (κ3) is 5.63. The van der Waals surface area contributed by atoms with E-state index in [1.807, 2.05) is 36.4 Å². The predicted molar refractivity (Wildman–Crippen MR) is 132 cm³/mol. The zero-order valence-electron chi connectivity index (χ0n) is 20.4. The molecule has 0 bridgehead atoms. The molecule has 2 N–H and O–H groups in total. The number of methoxy groups -OCH3 is 1. The van der Waals surface area contributed by atoms with Gasteiger partial charge in [-0.15, -0.1) is 0 Å². The molecule has 0 atom stereocenters. The lowest BCUT2D eigenvalue weighted by atomic mass is 10.0. The Bertz CT molecular complexity index is 1200. The summed E-state index contributed by atoms with van der Waals surface area (Å²) in [6, 6.07) is 11.4. The van der Waals surface area contributed by atoms with E-state index in [0.717, 1.165) is 11.3 Å². The number of ether oxygens (including phenoxy) is 3. The fourth-order valence-corrected chi connectivity index (χ4v) is 3.86. The van der Waals surface area contributed by atoms with Crippen LogP contribution in [0.1, 0.15) is 36.8 Å². The maximum absolute atomic E-state index is 13.3. The van der Waals surface area contributed by atoms with Crippen molar-refractivity contribution in [3.05, 3.63) is 60.0 Å². The molecule has 0 unspecified atom stereocenters. The number of nitrogens with zero attached hydrogens (tertiary/aromatic N) is 2. The molecule has 0 radical (unpaired) electrons. The van der Waals surface area contributed by atoms with Gasteiger partial charge in [-0.3, -0.25) is 14.7 Å². The van der Waals surface area contributed by atoms with E-state index in [0.29, 0.717) is 41.6 Å². The molecule has 0 aliphatic carbocycles. The first-order valence-corrected chi connectivity index (χ1v) is 11.4. The van der Waals surface area contributed by atoms with Crippen molar-refractivity contribution in [3.8, 4) is 17.0 Å². The SMILES string of the molecule is COCCOc1cnccc1-c1[nH]c2c(c1Nc1ccccc1)C(=O)CN(C(=O)OC(C)(C)C)C2. The lowest BCUT2D eigenvalue weighted by Crippen LogP contribution is -2.42. The minimum absolute atomic E-state index is 0.0732. The Hall–Kier alpha value is -3.85. The number of hydrogen-bond donors (Lipinski definition) is 2. The Morgan fingerprint density at radius 2 is 1.91 bits per heavy atom. The molecule has 1 aromatic carbocycles. The lowest BCUT2D eigenvalue weighted by Gasteiger charge is -2.29. The van der Waals surface area contributed by atoms with Crippen molar-refractivity contribution in [1.82, 2.24) is 14.9 Å². The van der Waals surface area contributed by atoms with Crippen LogP contribution in [0.25, 0.3) is 11.3 Å². The van der Waals surface area contributed by atoms with Gasteiger partial charge in [-0.2, -0.15) is 0 Å². The summed E-state index contributed by atoms with van der Waals surface area (Å²) < 4.78 is 16.5. The number of H-pyrrole nitrogens is 1.